The average Bonchev–Trinajstić information content (AvgIpc) is 2.58. The smallest absolute Gasteiger partial charge is 0.240 e. The highest BCUT2D eigenvalue weighted by molar-refractivity contribution is 7.89. The van der Waals surface area contributed by atoms with E-state index in [1.807, 2.05) is 0 Å². The molecule has 2 aromatic carbocycles. The van der Waals surface area contributed by atoms with Crippen molar-refractivity contribution in [3.63, 3.8) is 0 Å². The van der Waals surface area contributed by atoms with Crippen molar-refractivity contribution in [1.29, 1.82) is 0 Å². The van der Waals surface area contributed by atoms with Gasteiger partial charge in [-0.15, -0.1) is 0 Å². The van der Waals surface area contributed by atoms with Crippen molar-refractivity contribution in [2.24, 2.45) is 5.14 Å². The maximum atomic E-state index is 12.3. The molecule has 0 saturated carbocycles. The third-order valence-corrected chi connectivity index (χ3v) is 5.67. The fourth-order valence-corrected chi connectivity index (χ4v) is 3.51. The summed E-state index contributed by atoms with van der Waals surface area (Å²) in [4.78, 5) is 10.3. The van der Waals surface area contributed by atoms with E-state index in [1.165, 1.54) is 54.6 Å². The van der Waals surface area contributed by atoms with Gasteiger partial charge in [0.2, 0.25) is 20.0 Å². The molecule has 0 saturated heterocycles. The third kappa shape index (κ3) is 5.49. The number of carboxylic acid groups (broad SMARTS) is 1. The van der Waals surface area contributed by atoms with Crippen LogP contribution >= 0.6 is 0 Å². The summed E-state index contributed by atoms with van der Waals surface area (Å²) in [7, 11) is -7.60. The van der Waals surface area contributed by atoms with Crippen LogP contribution in [0.1, 0.15) is 11.1 Å². The first kappa shape index (κ1) is 19.8. The van der Waals surface area contributed by atoms with Crippen LogP contribution in [0.15, 0.2) is 64.4 Å². The van der Waals surface area contributed by atoms with E-state index >= 15 is 0 Å². The molecule has 0 fully saturated rings. The van der Waals surface area contributed by atoms with Gasteiger partial charge >= 0.3 is 0 Å². The van der Waals surface area contributed by atoms with Gasteiger partial charge in [0.1, 0.15) is 0 Å². The van der Waals surface area contributed by atoms with Crippen molar-refractivity contribution in [1.82, 2.24) is 4.72 Å². The molecule has 0 spiro atoms. The summed E-state index contributed by atoms with van der Waals surface area (Å²) in [5.74, 6) is -1.35. The molecule has 3 N–H and O–H groups in total. The molecular weight excluding hydrogens is 380 g/mol. The predicted molar refractivity (Wildman–Crippen MR) is 92.3 cm³/mol. The van der Waals surface area contributed by atoms with Crippen LogP contribution in [0.25, 0.3) is 6.08 Å². The van der Waals surface area contributed by atoms with Gasteiger partial charge in [-0.25, -0.2) is 26.7 Å². The van der Waals surface area contributed by atoms with Crippen molar-refractivity contribution < 1.29 is 26.7 Å². The molecule has 0 bridgehead atoms. The van der Waals surface area contributed by atoms with Crippen molar-refractivity contribution in [3.8, 4) is 0 Å². The Morgan fingerprint density at radius 1 is 0.962 bits per heavy atom. The molecule has 0 aliphatic carbocycles. The number of carboxylic acids is 1. The second-order valence-corrected chi connectivity index (χ2v) is 8.56. The molecule has 0 amide bonds. The van der Waals surface area contributed by atoms with Gasteiger partial charge in [-0.05, 0) is 41.5 Å². The average molecular weight is 395 g/mol. The number of nitrogens with one attached hydrogen (secondary N) is 1. The van der Waals surface area contributed by atoms with E-state index in [0.717, 1.165) is 6.08 Å². The Bertz CT molecular complexity index is 1030. The molecule has 0 unspecified atom stereocenters. The van der Waals surface area contributed by atoms with Crippen LogP contribution in [0, 0.1) is 0 Å². The van der Waals surface area contributed by atoms with Crippen LogP contribution in [0.5, 0.6) is 0 Å². The number of primary sulfonamides is 1. The van der Waals surface area contributed by atoms with E-state index < -0.39 is 26.0 Å². The molecule has 2 aromatic rings. The lowest BCUT2D eigenvalue weighted by molar-refractivity contribution is -0.297. The third-order valence-electron chi connectivity index (χ3n) is 3.32. The Balaban J connectivity index is 2.07. The number of sulfonamides is 2. The number of rotatable bonds is 7. The normalized spacial score (nSPS) is 12.3. The molecule has 0 aromatic heterocycles. The summed E-state index contributed by atoms with van der Waals surface area (Å²) >= 11 is 0. The number of nitrogens with two attached hydrogens (primary N) is 1. The molecule has 0 radical (unpaired) electrons. The Kier molecular flexibility index (Phi) is 5.93. The number of aliphatic carboxylic acids is 1. The highest BCUT2D eigenvalue weighted by atomic mass is 32.2. The highest BCUT2D eigenvalue weighted by Crippen LogP contribution is 2.13. The minimum Gasteiger partial charge on any atom is -0.545 e. The number of benzene rings is 2. The van der Waals surface area contributed by atoms with Crippen LogP contribution in [-0.4, -0.2) is 22.8 Å². The minimum absolute atomic E-state index is 0.00394. The van der Waals surface area contributed by atoms with Gasteiger partial charge in [0.05, 0.1) is 15.8 Å². The van der Waals surface area contributed by atoms with Crippen LogP contribution < -0.4 is 15.0 Å². The Hall–Kier alpha value is -2.53. The van der Waals surface area contributed by atoms with Gasteiger partial charge in [-0.2, -0.15) is 0 Å². The van der Waals surface area contributed by atoms with E-state index in [9.17, 15) is 26.7 Å². The molecule has 26 heavy (non-hydrogen) atoms. The largest absolute Gasteiger partial charge is 0.545 e. The monoisotopic (exact) mass is 395 g/mol. The second kappa shape index (κ2) is 7.79. The van der Waals surface area contributed by atoms with Gasteiger partial charge in [-0.1, -0.05) is 30.3 Å². The SMILES string of the molecule is NS(=O)(=O)c1ccc(CNS(=O)(=O)c2ccc(/C=C/C(=O)[O-])cc2)cc1. The fraction of sp³-hybridized carbons (Fsp3) is 0.0625. The summed E-state index contributed by atoms with van der Waals surface area (Å²) in [6, 6.07) is 11.1. The van der Waals surface area contributed by atoms with Gasteiger partial charge in [0.15, 0.2) is 0 Å². The molecule has 0 atom stereocenters. The molecular formula is C16H15N2O6S2-. The molecule has 0 aliphatic rings. The predicted octanol–water partition coefficient (Wildman–Crippen LogP) is -0.424. The summed E-state index contributed by atoms with van der Waals surface area (Å²) in [5.41, 5.74) is 1.06. The lowest BCUT2D eigenvalue weighted by atomic mass is 10.2. The quantitative estimate of drug-likeness (QED) is 0.609. The summed E-state index contributed by atoms with van der Waals surface area (Å²) < 4.78 is 49.3. The van der Waals surface area contributed by atoms with Crippen molar-refractivity contribution in [2.45, 2.75) is 16.3 Å². The zero-order valence-electron chi connectivity index (χ0n) is 13.3. The molecule has 2 rings (SSSR count). The van der Waals surface area contributed by atoms with Crippen LogP contribution in [0.3, 0.4) is 0 Å². The number of hydrogen-bond acceptors (Lipinski definition) is 6. The molecule has 138 valence electrons. The van der Waals surface area contributed by atoms with Crippen LogP contribution in [-0.2, 0) is 31.4 Å². The van der Waals surface area contributed by atoms with E-state index in [0.29, 0.717) is 11.1 Å². The first-order chi connectivity index (χ1) is 12.1. The van der Waals surface area contributed by atoms with Crippen LogP contribution in [0.4, 0.5) is 0 Å². The summed E-state index contributed by atoms with van der Waals surface area (Å²) in [6.45, 7) is -0.0421. The Morgan fingerprint density at radius 3 is 2.00 bits per heavy atom. The maximum absolute atomic E-state index is 12.3. The highest BCUT2D eigenvalue weighted by Gasteiger charge is 2.14. The Morgan fingerprint density at radius 2 is 1.50 bits per heavy atom. The molecule has 0 heterocycles. The van der Waals surface area contributed by atoms with E-state index in [1.54, 1.807) is 0 Å². The minimum atomic E-state index is -3.81. The molecule has 8 nitrogen and oxygen atoms in total. The van der Waals surface area contributed by atoms with Crippen LogP contribution in [0.2, 0.25) is 0 Å². The first-order valence-corrected chi connectivity index (χ1v) is 10.2. The number of carbonyl (C=O) groups excluding carboxylic acids is 1. The lowest BCUT2D eigenvalue weighted by Gasteiger charge is -2.08. The van der Waals surface area contributed by atoms with E-state index in [4.69, 9.17) is 5.14 Å². The summed E-state index contributed by atoms with van der Waals surface area (Å²) in [5, 5.41) is 15.3. The number of carbonyl (C=O) groups is 1. The van der Waals surface area contributed by atoms with Crippen molar-refractivity contribution in [2.75, 3.05) is 0 Å². The topological polar surface area (TPSA) is 146 Å². The second-order valence-electron chi connectivity index (χ2n) is 5.23. The van der Waals surface area contributed by atoms with E-state index in [2.05, 4.69) is 4.72 Å². The lowest BCUT2D eigenvalue weighted by Crippen LogP contribution is -2.23. The maximum Gasteiger partial charge on any atom is 0.240 e. The fourth-order valence-electron chi connectivity index (χ4n) is 1.98. The van der Waals surface area contributed by atoms with Gasteiger partial charge in [0.25, 0.3) is 0 Å². The zero-order chi connectivity index (χ0) is 19.4. The summed E-state index contributed by atoms with van der Waals surface area (Å²) in [6.07, 6.45) is 2.12. The number of hydrogen-bond donors (Lipinski definition) is 2. The van der Waals surface area contributed by atoms with Crippen molar-refractivity contribution >= 4 is 32.1 Å². The first-order valence-electron chi connectivity index (χ1n) is 7.18. The van der Waals surface area contributed by atoms with Gasteiger partial charge < -0.3 is 9.90 Å². The Labute approximate surface area is 151 Å². The van der Waals surface area contributed by atoms with Gasteiger partial charge in [-0.3, -0.25) is 0 Å². The molecule has 10 heteroatoms. The van der Waals surface area contributed by atoms with Gasteiger partial charge in [0, 0.05) is 6.54 Å². The zero-order valence-corrected chi connectivity index (χ0v) is 15.0. The standard InChI is InChI=1S/C16H16N2O6S2/c17-25(21,22)14-6-3-13(4-7-14)11-18-26(23,24)15-8-1-12(2-9-15)5-10-16(19)20/h1-10,18H,11H2,(H,19,20)(H2,17,21,22)/p-1/b10-5+. The van der Waals surface area contributed by atoms with E-state index in [-0.39, 0.29) is 16.3 Å². The van der Waals surface area contributed by atoms with Crippen molar-refractivity contribution in [3.05, 3.63) is 65.7 Å². The molecule has 0 aliphatic heterocycles.